The third-order valence-corrected chi connectivity index (χ3v) is 1.51. The van der Waals surface area contributed by atoms with Crippen LogP contribution in [0.15, 0.2) is 6.33 Å². The Morgan fingerprint density at radius 2 is 2.06 bits per heavy atom. The smallest absolute Gasteiger partial charge is 0.375 e. The van der Waals surface area contributed by atoms with Crippen LogP contribution in [0.4, 0.5) is 0 Å². The molecule has 0 saturated carbocycles. The molecule has 0 unspecified atom stereocenters. The van der Waals surface area contributed by atoms with Crippen LogP contribution in [-0.4, -0.2) is 52.7 Å². The molecule has 1 aromatic heterocycles. The van der Waals surface area contributed by atoms with Crippen LogP contribution in [-0.2, 0) is 9.53 Å². The van der Waals surface area contributed by atoms with Crippen LogP contribution in [0.3, 0.4) is 0 Å². The summed E-state index contributed by atoms with van der Waals surface area (Å²) in [5, 5.41) is 5.87. The Kier molecular flexibility index (Phi) is 6.50. The maximum absolute atomic E-state index is 10.7. The molecular formula is C9H16N4O3. The normalized spacial score (nSPS) is 8.75. The third kappa shape index (κ3) is 5.74. The van der Waals surface area contributed by atoms with E-state index in [0.29, 0.717) is 6.61 Å². The lowest BCUT2D eigenvalue weighted by molar-refractivity contribution is -0.126. The van der Waals surface area contributed by atoms with Crippen LogP contribution in [0.25, 0.3) is 0 Å². The zero-order valence-electron chi connectivity index (χ0n) is 9.85. The summed E-state index contributed by atoms with van der Waals surface area (Å²) < 4.78 is 4.61. The van der Waals surface area contributed by atoms with Crippen molar-refractivity contribution in [3.8, 4) is 0 Å². The monoisotopic (exact) mass is 228 g/mol. The van der Waals surface area contributed by atoms with Gasteiger partial charge in [0, 0.05) is 21.0 Å². The first-order valence-corrected chi connectivity index (χ1v) is 4.69. The van der Waals surface area contributed by atoms with Gasteiger partial charge in [0.15, 0.2) is 0 Å². The zero-order valence-corrected chi connectivity index (χ0v) is 9.85. The number of H-pyrrole nitrogens is 1. The molecule has 0 saturated heterocycles. The van der Waals surface area contributed by atoms with Crippen LogP contribution in [0.2, 0.25) is 0 Å². The second-order valence-electron chi connectivity index (χ2n) is 2.97. The molecule has 0 aliphatic heterocycles. The SMILES string of the molecule is CC(=O)N(C)C.CCOC(=O)c1ncn[nH]1. The number of nitrogens with zero attached hydrogens (tertiary/aromatic N) is 3. The molecule has 0 aliphatic rings. The van der Waals surface area contributed by atoms with Gasteiger partial charge < -0.3 is 9.64 Å². The molecule has 0 aliphatic carbocycles. The number of ether oxygens (including phenoxy) is 1. The molecule has 0 radical (unpaired) electrons. The molecular weight excluding hydrogens is 212 g/mol. The molecule has 0 fully saturated rings. The average molecular weight is 228 g/mol. The summed E-state index contributed by atoms with van der Waals surface area (Å²) in [5.41, 5.74) is 0. The molecule has 7 heteroatoms. The van der Waals surface area contributed by atoms with Crippen molar-refractivity contribution in [3.63, 3.8) is 0 Å². The summed E-state index contributed by atoms with van der Waals surface area (Å²) in [6.07, 6.45) is 1.26. The van der Waals surface area contributed by atoms with Crippen LogP contribution >= 0.6 is 0 Å². The van der Waals surface area contributed by atoms with Crippen molar-refractivity contribution >= 4 is 11.9 Å². The van der Waals surface area contributed by atoms with Gasteiger partial charge in [-0.25, -0.2) is 9.78 Å². The highest BCUT2D eigenvalue weighted by atomic mass is 16.5. The summed E-state index contributed by atoms with van der Waals surface area (Å²) in [6.45, 7) is 3.60. The van der Waals surface area contributed by atoms with Gasteiger partial charge >= 0.3 is 5.97 Å². The second kappa shape index (κ2) is 7.38. The van der Waals surface area contributed by atoms with E-state index in [-0.39, 0.29) is 11.7 Å². The summed E-state index contributed by atoms with van der Waals surface area (Å²) in [7, 11) is 3.45. The van der Waals surface area contributed by atoms with Crippen molar-refractivity contribution in [2.45, 2.75) is 13.8 Å². The van der Waals surface area contributed by atoms with Crippen LogP contribution in [0, 0.1) is 0 Å². The van der Waals surface area contributed by atoms with Crippen LogP contribution in [0.5, 0.6) is 0 Å². The number of carbonyl (C=O) groups is 2. The number of hydrogen-bond donors (Lipinski definition) is 1. The van der Waals surface area contributed by atoms with Gasteiger partial charge in [0.05, 0.1) is 6.61 Å². The van der Waals surface area contributed by atoms with Crippen molar-refractivity contribution in [1.29, 1.82) is 0 Å². The first kappa shape index (κ1) is 14.1. The average Bonchev–Trinajstić information content (AvgIpc) is 2.71. The summed E-state index contributed by atoms with van der Waals surface area (Å²) in [4.78, 5) is 25.9. The largest absolute Gasteiger partial charge is 0.460 e. The van der Waals surface area contributed by atoms with E-state index in [4.69, 9.17) is 0 Å². The van der Waals surface area contributed by atoms with Gasteiger partial charge in [-0.05, 0) is 6.92 Å². The first-order chi connectivity index (χ1) is 7.49. The van der Waals surface area contributed by atoms with Crippen molar-refractivity contribution in [2.24, 2.45) is 0 Å². The summed E-state index contributed by atoms with van der Waals surface area (Å²) >= 11 is 0. The highest BCUT2D eigenvalue weighted by Crippen LogP contribution is 1.88. The lowest BCUT2D eigenvalue weighted by atomic mass is 10.6. The number of hydrogen-bond acceptors (Lipinski definition) is 5. The number of amides is 1. The minimum absolute atomic E-state index is 0.0926. The molecule has 0 atom stereocenters. The van der Waals surface area contributed by atoms with Crippen molar-refractivity contribution < 1.29 is 14.3 Å². The van der Waals surface area contributed by atoms with E-state index < -0.39 is 5.97 Å². The standard InChI is InChI=1S/C5H7N3O2.C4H9NO/c1-2-10-5(9)4-6-3-7-8-4;1-4(6)5(2)3/h3H,2H2,1H3,(H,6,7,8);1-3H3. The molecule has 90 valence electrons. The van der Waals surface area contributed by atoms with Crippen molar-refractivity contribution in [3.05, 3.63) is 12.2 Å². The quantitative estimate of drug-likeness (QED) is 0.724. The highest BCUT2D eigenvalue weighted by molar-refractivity contribution is 5.84. The molecule has 0 aromatic carbocycles. The molecule has 7 nitrogen and oxygen atoms in total. The van der Waals surface area contributed by atoms with Crippen molar-refractivity contribution in [1.82, 2.24) is 20.1 Å². The topological polar surface area (TPSA) is 88.2 Å². The first-order valence-electron chi connectivity index (χ1n) is 4.69. The van der Waals surface area contributed by atoms with Gasteiger partial charge in [-0.15, -0.1) is 0 Å². The van der Waals surface area contributed by atoms with Gasteiger partial charge in [0.2, 0.25) is 11.7 Å². The van der Waals surface area contributed by atoms with Gasteiger partial charge in [-0.3, -0.25) is 9.89 Å². The van der Waals surface area contributed by atoms with E-state index in [2.05, 4.69) is 19.9 Å². The second-order valence-corrected chi connectivity index (χ2v) is 2.97. The van der Waals surface area contributed by atoms with Gasteiger partial charge in [-0.2, -0.15) is 5.10 Å². The fraction of sp³-hybridized carbons (Fsp3) is 0.556. The van der Waals surface area contributed by atoms with E-state index >= 15 is 0 Å². The predicted molar refractivity (Wildman–Crippen MR) is 56.7 cm³/mol. The Bertz CT molecular complexity index is 322. The number of rotatable bonds is 2. The molecule has 0 bridgehead atoms. The minimum Gasteiger partial charge on any atom is -0.460 e. The van der Waals surface area contributed by atoms with Crippen LogP contribution in [0.1, 0.15) is 24.5 Å². The Labute approximate surface area is 93.8 Å². The maximum atomic E-state index is 10.7. The van der Waals surface area contributed by atoms with Gasteiger partial charge in [0.25, 0.3) is 0 Å². The fourth-order valence-corrected chi connectivity index (χ4v) is 0.503. The number of aromatic nitrogens is 3. The molecule has 0 spiro atoms. The predicted octanol–water partition coefficient (Wildman–Crippen LogP) is 0.0759. The Balaban J connectivity index is 0.000000325. The molecule has 1 aromatic rings. The molecule has 1 heterocycles. The zero-order chi connectivity index (χ0) is 12.6. The van der Waals surface area contributed by atoms with E-state index in [0.717, 1.165) is 0 Å². The fourth-order valence-electron chi connectivity index (χ4n) is 0.503. The highest BCUT2D eigenvalue weighted by Gasteiger charge is 2.07. The van der Waals surface area contributed by atoms with E-state index in [1.165, 1.54) is 18.2 Å². The van der Waals surface area contributed by atoms with Gasteiger partial charge in [0.1, 0.15) is 6.33 Å². The lowest BCUT2D eigenvalue weighted by Crippen LogP contribution is -2.17. The Morgan fingerprint density at radius 3 is 2.38 bits per heavy atom. The molecule has 16 heavy (non-hydrogen) atoms. The number of carbonyl (C=O) groups excluding carboxylic acids is 2. The van der Waals surface area contributed by atoms with E-state index in [1.54, 1.807) is 21.0 Å². The lowest BCUT2D eigenvalue weighted by Gasteiger charge is -2.02. The number of esters is 1. The third-order valence-electron chi connectivity index (χ3n) is 1.51. The Hall–Kier alpha value is -1.92. The Morgan fingerprint density at radius 1 is 1.50 bits per heavy atom. The summed E-state index contributed by atoms with van der Waals surface area (Å²) in [5.74, 6) is -0.239. The minimum atomic E-state index is -0.472. The van der Waals surface area contributed by atoms with Crippen LogP contribution < -0.4 is 0 Å². The molecule has 1 rings (SSSR count). The molecule has 1 N–H and O–H groups in total. The maximum Gasteiger partial charge on any atom is 0.375 e. The molecule has 1 amide bonds. The van der Waals surface area contributed by atoms with Gasteiger partial charge in [-0.1, -0.05) is 0 Å². The summed E-state index contributed by atoms with van der Waals surface area (Å²) in [6, 6.07) is 0. The number of nitrogens with one attached hydrogen (secondary N) is 1. The van der Waals surface area contributed by atoms with Crippen molar-refractivity contribution in [2.75, 3.05) is 20.7 Å². The number of aromatic amines is 1. The van der Waals surface area contributed by atoms with E-state index in [9.17, 15) is 9.59 Å². The van der Waals surface area contributed by atoms with E-state index in [1.807, 2.05) is 0 Å².